The molecule has 9 heavy (non-hydrogen) atoms. The minimum absolute atomic E-state index is 0.667. The maximum Gasteiger partial charge on any atom is -0.0160 e. The van der Waals surface area contributed by atoms with Gasteiger partial charge in [-0.15, -0.1) is 0 Å². The molecule has 0 atom stereocenters. The molecule has 0 saturated heterocycles. The summed E-state index contributed by atoms with van der Waals surface area (Å²) in [7, 11) is 0. The summed E-state index contributed by atoms with van der Waals surface area (Å²) in [4.78, 5) is 0. The molecule has 0 heteroatoms. The molecule has 2 aliphatic rings. The molecule has 0 saturated carbocycles. The molecule has 1 spiro atoms. The first-order valence-corrected chi connectivity index (χ1v) is 3.71. The van der Waals surface area contributed by atoms with Crippen LogP contribution in [0.1, 0.15) is 25.7 Å². The van der Waals surface area contributed by atoms with Crippen LogP contribution in [0, 0.1) is 5.41 Å². The molecule has 2 aliphatic carbocycles. The van der Waals surface area contributed by atoms with Gasteiger partial charge >= 0.3 is 0 Å². The highest BCUT2D eigenvalue weighted by Gasteiger charge is 2.30. The zero-order chi connectivity index (χ0) is 6.16. The smallest absolute Gasteiger partial charge is 0.0160 e. The van der Waals surface area contributed by atoms with Gasteiger partial charge in [-0.3, -0.25) is 0 Å². The second-order valence-corrected chi connectivity index (χ2v) is 3.26. The molecule has 0 amide bonds. The molecule has 0 unspecified atom stereocenters. The maximum atomic E-state index is 2.33. The standard InChI is InChI=1S/C9H12/c1-2-6-9(5-1)7-3-4-8-9/h1-4H,5-8H2. The largest absolute Gasteiger partial charge is 0.0879 e. The summed E-state index contributed by atoms with van der Waals surface area (Å²) in [6, 6.07) is 0. The van der Waals surface area contributed by atoms with Crippen LogP contribution in [0.15, 0.2) is 24.3 Å². The Kier molecular flexibility index (Phi) is 1.01. The second-order valence-electron chi connectivity index (χ2n) is 3.26. The molecule has 0 radical (unpaired) electrons. The van der Waals surface area contributed by atoms with Crippen LogP contribution in [-0.2, 0) is 0 Å². The Balaban J connectivity index is 2.11. The van der Waals surface area contributed by atoms with E-state index in [4.69, 9.17) is 0 Å². The third-order valence-electron chi connectivity index (χ3n) is 2.54. The van der Waals surface area contributed by atoms with E-state index in [2.05, 4.69) is 24.3 Å². The van der Waals surface area contributed by atoms with Crippen LogP contribution in [0.5, 0.6) is 0 Å². The summed E-state index contributed by atoms with van der Waals surface area (Å²) in [6.45, 7) is 0. The Hall–Kier alpha value is -0.520. The van der Waals surface area contributed by atoms with Gasteiger partial charge in [0.05, 0.1) is 0 Å². The van der Waals surface area contributed by atoms with Gasteiger partial charge in [0.2, 0.25) is 0 Å². The van der Waals surface area contributed by atoms with Crippen molar-refractivity contribution in [3.8, 4) is 0 Å². The minimum atomic E-state index is 0.667. The average molecular weight is 120 g/mol. The lowest BCUT2D eigenvalue weighted by atomic mass is 9.83. The number of allylic oxidation sites excluding steroid dienone is 4. The first-order valence-electron chi connectivity index (χ1n) is 3.71. The summed E-state index contributed by atoms with van der Waals surface area (Å²) in [6.07, 6.45) is 14.6. The van der Waals surface area contributed by atoms with E-state index < -0.39 is 0 Å². The van der Waals surface area contributed by atoms with Crippen molar-refractivity contribution >= 4 is 0 Å². The summed E-state index contributed by atoms with van der Waals surface area (Å²) < 4.78 is 0. The first-order chi connectivity index (χ1) is 4.41. The second kappa shape index (κ2) is 1.73. The van der Waals surface area contributed by atoms with Gasteiger partial charge in [0, 0.05) is 0 Å². The van der Waals surface area contributed by atoms with Crippen molar-refractivity contribution < 1.29 is 0 Å². The van der Waals surface area contributed by atoms with Gasteiger partial charge < -0.3 is 0 Å². The molecule has 0 aromatic heterocycles. The van der Waals surface area contributed by atoms with Crippen molar-refractivity contribution in [1.82, 2.24) is 0 Å². The van der Waals surface area contributed by atoms with Crippen LogP contribution >= 0.6 is 0 Å². The Morgan fingerprint density at radius 3 is 1.33 bits per heavy atom. The highest BCUT2D eigenvalue weighted by molar-refractivity contribution is 5.12. The van der Waals surface area contributed by atoms with Gasteiger partial charge in [0.15, 0.2) is 0 Å². The predicted octanol–water partition coefficient (Wildman–Crippen LogP) is 2.67. The van der Waals surface area contributed by atoms with Gasteiger partial charge in [-0.2, -0.15) is 0 Å². The number of hydrogen-bond acceptors (Lipinski definition) is 0. The van der Waals surface area contributed by atoms with Crippen molar-refractivity contribution in [2.75, 3.05) is 0 Å². The molecule has 0 aliphatic heterocycles. The third-order valence-corrected chi connectivity index (χ3v) is 2.54. The topological polar surface area (TPSA) is 0 Å². The van der Waals surface area contributed by atoms with Gasteiger partial charge in [-0.05, 0) is 31.1 Å². The fraction of sp³-hybridized carbons (Fsp3) is 0.556. The molecule has 0 heterocycles. The van der Waals surface area contributed by atoms with Crippen molar-refractivity contribution in [2.45, 2.75) is 25.7 Å². The van der Waals surface area contributed by atoms with Gasteiger partial charge in [-0.25, -0.2) is 0 Å². The normalized spacial score (nSPS) is 28.4. The number of rotatable bonds is 0. The Bertz CT molecular complexity index is 123. The highest BCUT2D eigenvalue weighted by Crippen LogP contribution is 2.43. The molecular weight excluding hydrogens is 108 g/mol. The van der Waals surface area contributed by atoms with E-state index in [0.29, 0.717) is 5.41 Å². The molecule has 0 N–H and O–H groups in total. The van der Waals surface area contributed by atoms with Crippen LogP contribution in [-0.4, -0.2) is 0 Å². The molecule has 2 rings (SSSR count). The summed E-state index contributed by atoms with van der Waals surface area (Å²) in [5, 5.41) is 0. The van der Waals surface area contributed by atoms with E-state index in [9.17, 15) is 0 Å². The van der Waals surface area contributed by atoms with E-state index in [-0.39, 0.29) is 0 Å². The van der Waals surface area contributed by atoms with E-state index in [1.807, 2.05) is 0 Å². The molecule has 0 nitrogen and oxygen atoms in total. The fourth-order valence-corrected chi connectivity index (χ4v) is 1.83. The van der Waals surface area contributed by atoms with Gasteiger partial charge in [-0.1, -0.05) is 24.3 Å². The van der Waals surface area contributed by atoms with Gasteiger partial charge in [0.1, 0.15) is 0 Å². The molecule has 48 valence electrons. The fourth-order valence-electron chi connectivity index (χ4n) is 1.83. The lowest BCUT2D eigenvalue weighted by Gasteiger charge is -2.21. The first kappa shape index (κ1) is 5.28. The van der Waals surface area contributed by atoms with Crippen LogP contribution < -0.4 is 0 Å². The number of hydrogen-bond donors (Lipinski definition) is 0. The van der Waals surface area contributed by atoms with Crippen molar-refractivity contribution in [3.63, 3.8) is 0 Å². The summed E-state index contributed by atoms with van der Waals surface area (Å²) in [5.74, 6) is 0. The predicted molar refractivity (Wildman–Crippen MR) is 39.2 cm³/mol. The Labute approximate surface area is 56.3 Å². The third kappa shape index (κ3) is 0.735. The summed E-state index contributed by atoms with van der Waals surface area (Å²) >= 11 is 0. The van der Waals surface area contributed by atoms with E-state index in [0.717, 1.165) is 0 Å². The summed E-state index contributed by atoms with van der Waals surface area (Å²) in [5.41, 5.74) is 0.667. The van der Waals surface area contributed by atoms with Crippen molar-refractivity contribution in [3.05, 3.63) is 24.3 Å². The van der Waals surface area contributed by atoms with E-state index in [1.165, 1.54) is 25.7 Å². The monoisotopic (exact) mass is 120 g/mol. The lowest BCUT2D eigenvalue weighted by molar-refractivity contribution is 0.338. The zero-order valence-electron chi connectivity index (χ0n) is 5.64. The highest BCUT2D eigenvalue weighted by atomic mass is 14.3. The van der Waals surface area contributed by atoms with Crippen LogP contribution in [0.2, 0.25) is 0 Å². The maximum absolute atomic E-state index is 2.33. The van der Waals surface area contributed by atoms with Crippen molar-refractivity contribution in [2.24, 2.45) is 5.41 Å². The average Bonchev–Trinajstić information content (AvgIpc) is 2.45. The van der Waals surface area contributed by atoms with E-state index in [1.54, 1.807) is 0 Å². The lowest BCUT2D eigenvalue weighted by Crippen LogP contribution is -2.10. The molecule has 0 aromatic rings. The van der Waals surface area contributed by atoms with Crippen LogP contribution in [0.25, 0.3) is 0 Å². The molecule has 0 aromatic carbocycles. The van der Waals surface area contributed by atoms with Crippen LogP contribution in [0.4, 0.5) is 0 Å². The minimum Gasteiger partial charge on any atom is -0.0879 e. The molecular formula is C9H12. The Morgan fingerprint density at radius 1 is 0.667 bits per heavy atom. The molecule has 0 bridgehead atoms. The molecule has 0 fully saturated rings. The van der Waals surface area contributed by atoms with Crippen LogP contribution in [0.3, 0.4) is 0 Å². The zero-order valence-corrected chi connectivity index (χ0v) is 5.64. The quantitative estimate of drug-likeness (QED) is 0.431. The Morgan fingerprint density at radius 2 is 1.00 bits per heavy atom. The van der Waals surface area contributed by atoms with Crippen molar-refractivity contribution in [1.29, 1.82) is 0 Å². The van der Waals surface area contributed by atoms with Gasteiger partial charge in [0.25, 0.3) is 0 Å². The van der Waals surface area contributed by atoms with E-state index >= 15 is 0 Å². The SMILES string of the molecule is C1=CCC2(C1)CC=CC2.